The summed E-state index contributed by atoms with van der Waals surface area (Å²) in [5, 5.41) is 11.3. The molecule has 1 aliphatic heterocycles. The highest BCUT2D eigenvalue weighted by Gasteiger charge is 2.37. The predicted octanol–water partition coefficient (Wildman–Crippen LogP) is 5.15. The second-order valence-electron chi connectivity index (χ2n) is 10.2. The van der Waals surface area contributed by atoms with Crippen LogP contribution in [0.15, 0.2) is 30.3 Å². The molecule has 0 bridgehead atoms. The molecule has 2 aromatic carbocycles. The molecule has 0 aliphatic carbocycles. The van der Waals surface area contributed by atoms with Crippen molar-refractivity contribution in [1.29, 1.82) is 0 Å². The zero-order chi connectivity index (χ0) is 30.5. The van der Waals surface area contributed by atoms with E-state index in [1.165, 1.54) is 25.9 Å². The van der Waals surface area contributed by atoms with Crippen LogP contribution in [0.5, 0.6) is 5.75 Å². The van der Waals surface area contributed by atoms with Gasteiger partial charge in [0.25, 0.3) is 18.7 Å². The van der Waals surface area contributed by atoms with Crippen LogP contribution in [0.25, 0.3) is 0 Å². The first kappa shape index (κ1) is 31.8. The number of hydrogen-bond donors (Lipinski definition) is 2. The zero-order valence-electron chi connectivity index (χ0n) is 22.7. The van der Waals surface area contributed by atoms with Crippen LogP contribution in [0, 0.1) is 11.6 Å². The number of nitrogens with zero attached hydrogens (tertiary/aromatic N) is 1. The fraction of sp³-hybridized carbons (Fsp3) is 0.464. The van der Waals surface area contributed by atoms with Crippen molar-refractivity contribution in [3.05, 3.63) is 58.7 Å². The number of halogens is 5. The summed E-state index contributed by atoms with van der Waals surface area (Å²) < 4.78 is 78.0. The molecule has 13 heteroatoms. The Balaban J connectivity index is 1.88. The number of alkyl halides is 3. The van der Waals surface area contributed by atoms with E-state index in [1.807, 2.05) is 0 Å². The van der Waals surface area contributed by atoms with Crippen LogP contribution in [0.4, 0.5) is 27.6 Å². The minimum atomic E-state index is -3.42. The number of nitrogens with one attached hydrogen (secondary N) is 1. The van der Waals surface area contributed by atoms with Crippen molar-refractivity contribution in [2.24, 2.45) is 0 Å². The van der Waals surface area contributed by atoms with Gasteiger partial charge in [0.15, 0.2) is 0 Å². The number of carboxylic acid groups (broad SMARTS) is 1. The number of carbonyl (C=O) groups excluding carboxylic acids is 2. The number of rotatable bonds is 12. The molecule has 0 saturated carbocycles. The van der Waals surface area contributed by atoms with Gasteiger partial charge < -0.3 is 24.8 Å². The van der Waals surface area contributed by atoms with E-state index in [0.717, 1.165) is 17.7 Å². The van der Waals surface area contributed by atoms with Gasteiger partial charge in [0.05, 0.1) is 13.7 Å². The molecule has 2 atom stereocenters. The summed E-state index contributed by atoms with van der Waals surface area (Å²) in [6, 6.07) is 5.40. The van der Waals surface area contributed by atoms with Gasteiger partial charge in [-0.15, -0.1) is 0 Å². The average molecular weight is 587 g/mol. The number of methoxy groups -OCH3 is 1. The van der Waals surface area contributed by atoms with E-state index in [-0.39, 0.29) is 31.5 Å². The van der Waals surface area contributed by atoms with Crippen LogP contribution in [-0.4, -0.2) is 60.8 Å². The number of carboxylic acids is 1. The number of fused-ring (bicyclic) bond motifs is 1. The molecule has 0 aromatic heterocycles. The summed E-state index contributed by atoms with van der Waals surface area (Å²) in [6.45, 7) is 1.95. The van der Waals surface area contributed by atoms with Gasteiger partial charge >= 0.3 is 5.97 Å². The van der Waals surface area contributed by atoms with E-state index in [2.05, 4.69) is 10.1 Å². The average Bonchev–Trinajstić information content (AvgIpc) is 2.89. The number of ether oxygens (including phenoxy) is 2. The summed E-state index contributed by atoms with van der Waals surface area (Å²) in [5.74, 6) is -4.02. The topological polar surface area (TPSA) is 105 Å². The number of amides is 2. The van der Waals surface area contributed by atoms with E-state index >= 15 is 8.78 Å². The Labute approximate surface area is 233 Å². The molecule has 1 aliphatic rings. The second-order valence-corrected chi connectivity index (χ2v) is 10.2. The zero-order valence-corrected chi connectivity index (χ0v) is 22.7. The summed E-state index contributed by atoms with van der Waals surface area (Å²) in [6.07, 6.45) is -6.25. The highest BCUT2D eigenvalue weighted by Crippen LogP contribution is 2.35. The molecule has 0 saturated heterocycles. The predicted molar refractivity (Wildman–Crippen MR) is 138 cm³/mol. The van der Waals surface area contributed by atoms with Gasteiger partial charge in [0.1, 0.15) is 23.4 Å². The summed E-state index contributed by atoms with van der Waals surface area (Å²) in [4.78, 5) is 38.7. The normalized spacial score (nSPS) is 15.8. The molecule has 0 spiro atoms. The molecule has 3 rings (SSSR count). The molecule has 0 fully saturated rings. The Bertz CT molecular complexity index is 1270. The summed E-state index contributed by atoms with van der Waals surface area (Å²) >= 11 is 0. The molecule has 224 valence electrons. The summed E-state index contributed by atoms with van der Waals surface area (Å²) in [5.41, 5.74) is -1.18. The maximum atomic E-state index is 15.1. The first-order valence-corrected chi connectivity index (χ1v) is 12.8. The van der Waals surface area contributed by atoms with Gasteiger partial charge in [-0.2, -0.15) is 0 Å². The Morgan fingerprint density at radius 2 is 1.76 bits per heavy atom. The number of benzene rings is 2. The van der Waals surface area contributed by atoms with Crippen LogP contribution >= 0.6 is 0 Å². The minimum absolute atomic E-state index is 0.0618. The first-order chi connectivity index (χ1) is 19.2. The lowest BCUT2D eigenvalue weighted by Gasteiger charge is -2.36. The molecule has 1 unspecified atom stereocenters. The van der Waals surface area contributed by atoms with E-state index in [4.69, 9.17) is 9.84 Å². The summed E-state index contributed by atoms with van der Waals surface area (Å²) in [7, 11) is 1.47. The molecule has 0 radical (unpaired) electrons. The maximum absolute atomic E-state index is 15.1. The van der Waals surface area contributed by atoms with Gasteiger partial charge in [-0.3, -0.25) is 14.4 Å². The van der Waals surface area contributed by atoms with E-state index in [1.54, 1.807) is 18.2 Å². The van der Waals surface area contributed by atoms with Crippen LogP contribution in [0.1, 0.15) is 55.8 Å². The third kappa shape index (κ3) is 7.72. The Hall–Kier alpha value is -3.74. The van der Waals surface area contributed by atoms with E-state index in [0.29, 0.717) is 17.7 Å². The molecule has 2 N–H and O–H groups in total. The lowest BCUT2D eigenvalue weighted by atomic mass is 9.84. The fourth-order valence-corrected chi connectivity index (χ4v) is 4.75. The molecule has 1 heterocycles. The molecule has 41 heavy (non-hydrogen) atoms. The van der Waals surface area contributed by atoms with Crippen molar-refractivity contribution in [2.75, 3.05) is 25.6 Å². The number of anilines is 1. The molecule has 2 amide bonds. The van der Waals surface area contributed by atoms with E-state index in [9.17, 15) is 27.6 Å². The van der Waals surface area contributed by atoms with Crippen molar-refractivity contribution in [1.82, 2.24) is 4.90 Å². The standard InChI is InChI=1S/C28H31F5N2O6/c1-28(2,14-41-26(33)25(31)32)23-19(29)12-16(13-20(23)30)34-27(39)24-18-8-7-17(40-3)11-15(18)9-10-35(24)21(36)5-4-6-22(37)38/h7-8,11-13,24-26H,4-6,9-10,14H2,1-3H3,(H,34,39)(H,37,38)/t24-,26?/m1/s1. The van der Waals surface area contributed by atoms with Crippen molar-refractivity contribution in [3.8, 4) is 5.75 Å². The lowest BCUT2D eigenvalue weighted by molar-refractivity contribution is -0.140. The minimum Gasteiger partial charge on any atom is -0.497 e. The van der Waals surface area contributed by atoms with Gasteiger partial charge in [-0.25, -0.2) is 22.0 Å². The van der Waals surface area contributed by atoms with Crippen LogP contribution in [0.2, 0.25) is 0 Å². The molecular weight excluding hydrogens is 555 g/mol. The largest absolute Gasteiger partial charge is 0.497 e. The molecule has 8 nitrogen and oxygen atoms in total. The SMILES string of the molecule is COc1ccc2c(c1)CCN(C(=O)CCCC(=O)O)[C@H]2C(=O)Nc1cc(F)c(C(C)(C)COC(F)C(F)F)c(F)c1. The number of aliphatic carboxylic acids is 1. The van der Waals surface area contributed by atoms with Crippen molar-refractivity contribution in [3.63, 3.8) is 0 Å². The van der Waals surface area contributed by atoms with Gasteiger partial charge in [-0.1, -0.05) is 19.9 Å². The number of carbonyl (C=O) groups is 3. The fourth-order valence-electron chi connectivity index (χ4n) is 4.75. The van der Waals surface area contributed by atoms with Gasteiger partial charge in [0.2, 0.25) is 5.91 Å². The second kappa shape index (κ2) is 13.3. The quantitative estimate of drug-likeness (QED) is 0.334. The Morgan fingerprint density at radius 3 is 2.34 bits per heavy atom. The smallest absolute Gasteiger partial charge is 0.303 e. The van der Waals surface area contributed by atoms with Crippen LogP contribution in [0.3, 0.4) is 0 Å². The van der Waals surface area contributed by atoms with Gasteiger partial charge in [-0.05, 0) is 48.2 Å². The number of hydrogen-bond acceptors (Lipinski definition) is 5. The van der Waals surface area contributed by atoms with Crippen LogP contribution in [-0.2, 0) is 31.0 Å². The lowest BCUT2D eigenvalue weighted by Crippen LogP contribution is -2.45. The third-order valence-corrected chi connectivity index (χ3v) is 6.72. The first-order valence-electron chi connectivity index (χ1n) is 12.8. The Kier molecular flexibility index (Phi) is 10.3. The van der Waals surface area contributed by atoms with Crippen LogP contribution < -0.4 is 10.1 Å². The third-order valence-electron chi connectivity index (χ3n) is 6.72. The Morgan fingerprint density at radius 1 is 1.10 bits per heavy atom. The maximum Gasteiger partial charge on any atom is 0.303 e. The molecular formula is C28H31F5N2O6. The van der Waals surface area contributed by atoms with Crippen molar-refractivity contribution >= 4 is 23.5 Å². The van der Waals surface area contributed by atoms with Crippen molar-refractivity contribution in [2.45, 2.75) is 63.8 Å². The van der Waals surface area contributed by atoms with Crippen molar-refractivity contribution < 1.29 is 50.9 Å². The van der Waals surface area contributed by atoms with E-state index < -0.39 is 65.8 Å². The monoisotopic (exact) mass is 586 g/mol. The highest BCUT2D eigenvalue weighted by atomic mass is 19.3. The highest BCUT2D eigenvalue weighted by molar-refractivity contribution is 5.98. The molecule has 2 aromatic rings. The van der Waals surface area contributed by atoms with Gasteiger partial charge in [0, 0.05) is 36.1 Å².